The predicted octanol–water partition coefficient (Wildman–Crippen LogP) is 1.32. The molecule has 2 unspecified atom stereocenters. The van der Waals surface area contributed by atoms with Crippen molar-refractivity contribution in [3.63, 3.8) is 0 Å². The van der Waals surface area contributed by atoms with Crippen molar-refractivity contribution in [2.45, 2.75) is 58.5 Å². The van der Waals surface area contributed by atoms with Crippen LogP contribution in [0.1, 0.15) is 46.5 Å². The van der Waals surface area contributed by atoms with Crippen molar-refractivity contribution < 1.29 is 14.3 Å². The zero-order chi connectivity index (χ0) is 14.3. The van der Waals surface area contributed by atoms with Gasteiger partial charge in [0.05, 0.1) is 6.61 Å². The van der Waals surface area contributed by atoms with Crippen LogP contribution in [0.25, 0.3) is 0 Å². The molecule has 5 heteroatoms. The molecule has 0 radical (unpaired) electrons. The lowest BCUT2D eigenvalue weighted by Crippen LogP contribution is -2.63. The van der Waals surface area contributed by atoms with Gasteiger partial charge >= 0.3 is 0 Å². The van der Waals surface area contributed by atoms with Gasteiger partial charge in [-0.1, -0.05) is 27.2 Å². The lowest BCUT2D eigenvalue weighted by molar-refractivity contribution is -0.150. The Morgan fingerprint density at radius 1 is 1.16 bits per heavy atom. The summed E-state index contributed by atoms with van der Waals surface area (Å²) in [7, 11) is 0. The summed E-state index contributed by atoms with van der Waals surface area (Å²) < 4.78 is 5.44. The van der Waals surface area contributed by atoms with Crippen LogP contribution in [0, 0.1) is 0 Å². The molecule has 1 fully saturated rings. The van der Waals surface area contributed by atoms with Gasteiger partial charge in [-0.05, 0) is 19.3 Å². The fraction of sp³-hybridized carbons (Fsp3) is 0.857. The predicted molar refractivity (Wildman–Crippen MR) is 73.7 cm³/mol. The van der Waals surface area contributed by atoms with E-state index in [-0.39, 0.29) is 23.9 Å². The molecule has 5 nitrogen and oxygen atoms in total. The Balaban J connectivity index is 2.66. The molecule has 0 aliphatic carbocycles. The van der Waals surface area contributed by atoms with Gasteiger partial charge in [-0.2, -0.15) is 0 Å². The summed E-state index contributed by atoms with van der Waals surface area (Å²) in [5, 5.41) is 2.81. The van der Waals surface area contributed by atoms with E-state index >= 15 is 0 Å². The number of carbonyl (C=O) groups is 2. The Morgan fingerprint density at radius 2 is 1.89 bits per heavy atom. The second kappa shape index (κ2) is 8.15. The van der Waals surface area contributed by atoms with E-state index in [2.05, 4.69) is 5.32 Å². The van der Waals surface area contributed by atoms with Crippen molar-refractivity contribution in [1.82, 2.24) is 10.2 Å². The highest BCUT2D eigenvalue weighted by molar-refractivity contribution is 5.96. The summed E-state index contributed by atoms with van der Waals surface area (Å²) in [6.07, 6.45) is 3.19. The first-order valence-electron chi connectivity index (χ1n) is 7.34. The molecule has 110 valence electrons. The third-order valence-electron chi connectivity index (χ3n) is 3.37. The number of carbonyl (C=O) groups excluding carboxylic acids is 2. The van der Waals surface area contributed by atoms with Gasteiger partial charge in [0, 0.05) is 13.2 Å². The molecular formula is C14H26N2O3. The molecule has 0 spiro atoms. The monoisotopic (exact) mass is 270 g/mol. The number of amides is 2. The van der Waals surface area contributed by atoms with Crippen molar-refractivity contribution in [3.05, 3.63) is 0 Å². The summed E-state index contributed by atoms with van der Waals surface area (Å²) in [4.78, 5) is 26.1. The van der Waals surface area contributed by atoms with Crippen molar-refractivity contribution in [3.8, 4) is 0 Å². The van der Waals surface area contributed by atoms with Gasteiger partial charge in [0.2, 0.25) is 11.8 Å². The third-order valence-corrected chi connectivity index (χ3v) is 3.37. The number of piperazine rings is 1. The average Bonchev–Trinajstić information content (AvgIpc) is 2.41. The lowest BCUT2D eigenvalue weighted by atomic mass is 10.0. The summed E-state index contributed by atoms with van der Waals surface area (Å²) >= 11 is 0. The van der Waals surface area contributed by atoms with Gasteiger partial charge in [0.25, 0.3) is 0 Å². The normalized spacial score (nSPS) is 23.6. The smallest absolute Gasteiger partial charge is 0.245 e. The number of rotatable bonds is 8. The molecule has 1 rings (SSSR count). The average molecular weight is 270 g/mol. The maximum atomic E-state index is 12.3. The molecule has 0 saturated carbocycles. The van der Waals surface area contributed by atoms with Crippen LogP contribution in [0.3, 0.4) is 0 Å². The highest BCUT2D eigenvalue weighted by Crippen LogP contribution is 2.16. The first-order chi connectivity index (χ1) is 9.15. The molecule has 19 heavy (non-hydrogen) atoms. The first-order valence-corrected chi connectivity index (χ1v) is 7.34. The second-order valence-corrected chi connectivity index (χ2v) is 4.92. The summed E-state index contributed by atoms with van der Waals surface area (Å²) in [6.45, 7) is 7.69. The van der Waals surface area contributed by atoms with E-state index in [0.29, 0.717) is 32.6 Å². The van der Waals surface area contributed by atoms with E-state index in [1.165, 1.54) is 0 Å². The first kappa shape index (κ1) is 16.0. The Morgan fingerprint density at radius 3 is 2.47 bits per heavy atom. The number of hydrogen-bond donors (Lipinski definition) is 1. The molecule has 0 aromatic heterocycles. The summed E-state index contributed by atoms with van der Waals surface area (Å²) in [5.74, 6) is 0.00411. The summed E-state index contributed by atoms with van der Waals surface area (Å²) in [5.41, 5.74) is 0. The SMILES string of the molecule is CCCOCCN1C(=O)C(CC)NC(=O)C1CCC. The largest absolute Gasteiger partial charge is 0.380 e. The highest BCUT2D eigenvalue weighted by atomic mass is 16.5. The van der Waals surface area contributed by atoms with Crippen molar-refractivity contribution >= 4 is 11.8 Å². The lowest BCUT2D eigenvalue weighted by Gasteiger charge is -2.38. The summed E-state index contributed by atoms with van der Waals surface area (Å²) in [6, 6.07) is -0.697. The standard InChI is InChI=1S/C14H26N2O3/c1-4-7-12-13(17)15-11(6-3)14(18)16(12)8-10-19-9-5-2/h11-12H,4-10H2,1-3H3,(H,15,17). The maximum absolute atomic E-state index is 12.3. The van der Waals surface area contributed by atoms with Crippen molar-refractivity contribution in [2.24, 2.45) is 0 Å². The number of nitrogens with one attached hydrogen (secondary N) is 1. The Labute approximate surface area is 115 Å². The number of nitrogens with zero attached hydrogens (tertiary/aromatic N) is 1. The van der Waals surface area contributed by atoms with Crippen LogP contribution in [-0.4, -0.2) is 48.6 Å². The topological polar surface area (TPSA) is 58.6 Å². The quantitative estimate of drug-likeness (QED) is 0.677. The fourth-order valence-electron chi connectivity index (χ4n) is 2.34. The maximum Gasteiger partial charge on any atom is 0.245 e. The van der Waals surface area contributed by atoms with Gasteiger partial charge in [0.15, 0.2) is 0 Å². The molecule has 0 aromatic carbocycles. The molecule has 0 aromatic rings. The molecule has 0 bridgehead atoms. The zero-order valence-electron chi connectivity index (χ0n) is 12.3. The van der Waals surface area contributed by atoms with Crippen LogP contribution >= 0.6 is 0 Å². The van der Waals surface area contributed by atoms with Gasteiger partial charge in [0.1, 0.15) is 12.1 Å². The molecule has 2 amide bonds. The highest BCUT2D eigenvalue weighted by Gasteiger charge is 2.38. The van der Waals surface area contributed by atoms with Gasteiger partial charge < -0.3 is 15.0 Å². The molecule has 1 aliphatic rings. The van der Waals surface area contributed by atoms with E-state index < -0.39 is 0 Å². The molecule has 1 saturated heterocycles. The van der Waals surface area contributed by atoms with E-state index in [0.717, 1.165) is 12.8 Å². The van der Waals surface area contributed by atoms with Crippen molar-refractivity contribution in [1.29, 1.82) is 0 Å². The van der Waals surface area contributed by atoms with E-state index in [1.54, 1.807) is 4.90 Å². The van der Waals surface area contributed by atoms with Crippen LogP contribution < -0.4 is 5.32 Å². The molecular weight excluding hydrogens is 244 g/mol. The van der Waals surface area contributed by atoms with Crippen LogP contribution in [0.2, 0.25) is 0 Å². The van der Waals surface area contributed by atoms with E-state index in [4.69, 9.17) is 4.74 Å². The minimum Gasteiger partial charge on any atom is -0.380 e. The Hall–Kier alpha value is -1.10. The number of hydrogen-bond acceptors (Lipinski definition) is 3. The van der Waals surface area contributed by atoms with Crippen molar-refractivity contribution in [2.75, 3.05) is 19.8 Å². The molecule has 1 heterocycles. The third kappa shape index (κ3) is 4.20. The van der Waals surface area contributed by atoms with Gasteiger partial charge in [-0.3, -0.25) is 9.59 Å². The van der Waals surface area contributed by atoms with Gasteiger partial charge in [-0.25, -0.2) is 0 Å². The molecule has 2 atom stereocenters. The van der Waals surface area contributed by atoms with Crippen LogP contribution in [0.5, 0.6) is 0 Å². The second-order valence-electron chi connectivity index (χ2n) is 4.92. The van der Waals surface area contributed by atoms with Crippen LogP contribution in [0.4, 0.5) is 0 Å². The number of ether oxygens (including phenoxy) is 1. The zero-order valence-corrected chi connectivity index (χ0v) is 12.3. The van der Waals surface area contributed by atoms with E-state index in [1.807, 2.05) is 20.8 Å². The van der Waals surface area contributed by atoms with Gasteiger partial charge in [-0.15, -0.1) is 0 Å². The minimum atomic E-state index is -0.369. The molecule has 1 N–H and O–H groups in total. The van der Waals surface area contributed by atoms with Crippen LogP contribution in [-0.2, 0) is 14.3 Å². The van der Waals surface area contributed by atoms with E-state index in [9.17, 15) is 9.59 Å². The fourth-order valence-corrected chi connectivity index (χ4v) is 2.34. The minimum absolute atomic E-state index is 0.0243. The Bertz CT molecular complexity index is 307. The Kier molecular flexibility index (Phi) is 6.84. The van der Waals surface area contributed by atoms with Crippen LogP contribution in [0.15, 0.2) is 0 Å². The molecule has 1 aliphatic heterocycles.